The number of halogens is 1. The van der Waals surface area contributed by atoms with Crippen molar-refractivity contribution >= 4 is 11.0 Å². The van der Waals surface area contributed by atoms with Crippen LogP contribution in [-0.2, 0) is 0 Å². The Balaban J connectivity index is 2.01. The molecule has 1 heterocycles. The standard InChI is InChI=1S/C16H15FN2O/c1-10(2)20-13-5-3-4-11(8-13)16-18-14-7-6-12(17)9-15(14)19-16/h3-10H,1-2H3,(H,18,19). The molecular formula is C16H15FN2O. The van der Waals surface area contributed by atoms with Gasteiger partial charge in [0.2, 0.25) is 0 Å². The Morgan fingerprint density at radius 1 is 1.15 bits per heavy atom. The highest BCUT2D eigenvalue weighted by atomic mass is 19.1. The Labute approximate surface area is 116 Å². The second kappa shape index (κ2) is 4.96. The van der Waals surface area contributed by atoms with Gasteiger partial charge in [-0.1, -0.05) is 12.1 Å². The normalized spacial score (nSPS) is 11.2. The molecule has 0 aliphatic carbocycles. The van der Waals surface area contributed by atoms with Crippen LogP contribution in [0.5, 0.6) is 5.75 Å². The maximum Gasteiger partial charge on any atom is 0.138 e. The molecule has 1 aromatic heterocycles. The van der Waals surface area contributed by atoms with E-state index in [-0.39, 0.29) is 11.9 Å². The number of nitrogens with one attached hydrogen (secondary N) is 1. The summed E-state index contributed by atoms with van der Waals surface area (Å²) in [4.78, 5) is 7.59. The number of aromatic amines is 1. The molecule has 0 aliphatic rings. The molecule has 1 N–H and O–H groups in total. The molecule has 2 aromatic carbocycles. The van der Waals surface area contributed by atoms with Gasteiger partial charge in [0.15, 0.2) is 0 Å². The molecule has 102 valence electrons. The molecular weight excluding hydrogens is 255 g/mol. The highest BCUT2D eigenvalue weighted by molar-refractivity contribution is 5.79. The maximum absolute atomic E-state index is 13.2. The van der Waals surface area contributed by atoms with E-state index in [2.05, 4.69) is 9.97 Å². The van der Waals surface area contributed by atoms with E-state index in [1.165, 1.54) is 12.1 Å². The average Bonchev–Trinajstić information content (AvgIpc) is 2.81. The number of nitrogens with zero attached hydrogens (tertiary/aromatic N) is 1. The second-order valence-corrected chi connectivity index (χ2v) is 4.94. The first-order valence-electron chi connectivity index (χ1n) is 6.54. The molecule has 20 heavy (non-hydrogen) atoms. The van der Waals surface area contributed by atoms with Gasteiger partial charge in [0.05, 0.1) is 17.1 Å². The van der Waals surface area contributed by atoms with Crippen LogP contribution >= 0.6 is 0 Å². The van der Waals surface area contributed by atoms with Gasteiger partial charge in [-0.2, -0.15) is 0 Å². The molecule has 0 spiro atoms. The lowest BCUT2D eigenvalue weighted by molar-refractivity contribution is 0.242. The number of rotatable bonds is 3. The van der Waals surface area contributed by atoms with Crippen LogP contribution in [0, 0.1) is 5.82 Å². The van der Waals surface area contributed by atoms with Crippen LogP contribution in [0.3, 0.4) is 0 Å². The zero-order valence-corrected chi connectivity index (χ0v) is 11.4. The SMILES string of the molecule is CC(C)Oc1cccc(-c2nc3ccc(F)cc3[nH]2)c1. The monoisotopic (exact) mass is 270 g/mol. The summed E-state index contributed by atoms with van der Waals surface area (Å²) in [6.07, 6.45) is 0.120. The van der Waals surface area contributed by atoms with Crippen molar-refractivity contribution in [3.8, 4) is 17.1 Å². The van der Waals surface area contributed by atoms with E-state index in [0.29, 0.717) is 11.3 Å². The number of H-pyrrole nitrogens is 1. The maximum atomic E-state index is 13.2. The van der Waals surface area contributed by atoms with Gasteiger partial charge in [0, 0.05) is 5.56 Å². The first-order chi connectivity index (χ1) is 9.61. The Kier molecular flexibility index (Phi) is 3.14. The third-order valence-corrected chi connectivity index (χ3v) is 2.92. The van der Waals surface area contributed by atoms with Crippen LogP contribution in [-0.4, -0.2) is 16.1 Å². The number of ether oxygens (including phenoxy) is 1. The molecule has 0 radical (unpaired) electrons. The van der Waals surface area contributed by atoms with Crippen LogP contribution in [0.15, 0.2) is 42.5 Å². The van der Waals surface area contributed by atoms with E-state index >= 15 is 0 Å². The summed E-state index contributed by atoms with van der Waals surface area (Å²) in [5.74, 6) is 1.23. The van der Waals surface area contributed by atoms with E-state index in [1.807, 2.05) is 38.1 Å². The number of hydrogen-bond donors (Lipinski definition) is 1. The zero-order valence-electron chi connectivity index (χ0n) is 11.4. The molecule has 0 amide bonds. The third kappa shape index (κ3) is 2.50. The molecule has 3 aromatic rings. The summed E-state index contributed by atoms with van der Waals surface area (Å²) in [6.45, 7) is 3.97. The molecule has 3 rings (SSSR count). The summed E-state index contributed by atoms with van der Waals surface area (Å²) >= 11 is 0. The summed E-state index contributed by atoms with van der Waals surface area (Å²) < 4.78 is 18.9. The summed E-state index contributed by atoms with van der Waals surface area (Å²) in [5.41, 5.74) is 2.35. The molecule has 0 saturated carbocycles. The quantitative estimate of drug-likeness (QED) is 0.776. The van der Waals surface area contributed by atoms with Crippen molar-refractivity contribution in [3.05, 3.63) is 48.3 Å². The van der Waals surface area contributed by atoms with Crippen LogP contribution in [0.2, 0.25) is 0 Å². The van der Waals surface area contributed by atoms with Crippen molar-refractivity contribution in [1.29, 1.82) is 0 Å². The van der Waals surface area contributed by atoms with Crippen LogP contribution in [0.4, 0.5) is 4.39 Å². The van der Waals surface area contributed by atoms with Gasteiger partial charge in [0.1, 0.15) is 17.4 Å². The second-order valence-electron chi connectivity index (χ2n) is 4.94. The topological polar surface area (TPSA) is 37.9 Å². The first kappa shape index (κ1) is 12.7. The molecule has 3 nitrogen and oxygen atoms in total. The van der Waals surface area contributed by atoms with Gasteiger partial charge in [-0.3, -0.25) is 0 Å². The highest BCUT2D eigenvalue weighted by Crippen LogP contribution is 2.24. The molecule has 4 heteroatoms. The van der Waals surface area contributed by atoms with Gasteiger partial charge in [-0.05, 0) is 44.2 Å². The predicted octanol–water partition coefficient (Wildman–Crippen LogP) is 4.16. The van der Waals surface area contributed by atoms with Crippen molar-refractivity contribution in [3.63, 3.8) is 0 Å². The minimum atomic E-state index is -0.274. The summed E-state index contributed by atoms with van der Waals surface area (Å²) in [7, 11) is 0. The summed E-state index contributed by atoms with van der Waals surface area (Å²) in [5, 5.41) is 0. The molecule has 0 saturated heterocycles. The predicted molar refractivity (Wildman–Crippen MR) is 77.3 cm³/mol. The van der Waals surface area contributed by atoms with E-state index in [9.17, 15) is 4.39 Å². The zero-order chi connectivity index (χ0) is 14.1. The highest BCUT2D eigenvalue weighted by Gasteiger charge is 2.07. The Morgan fingerprint density at radius 2 is 2.00 bits per heavy atom. The van der Waals surface area contributed by atoms with E-state index in [0.717, 1.165) is 16.8 Å². The van der Waals surface area contributed by atoms with Crippen molar-refractivity contribution < 1.29 is 9.13 Å². The van der Waals surface area contributed by atoms with Gasteiger partial charge in [-0.15, -0.1) is 0 Å². The fraction of sp³-hybridized carbons (Fsp3) is 0.188. The first-order valence-corrected chi connectivity index (χ1v) is 6.54. The van der Waals surface area contributed by atoms with Crippen LogP contribution < -0.4 is 4.74 Å². The smallest absolute Gasteiger partial charge is 0.138 e. The van der Waals surface area contributed by atoms with Crippen molar-refractivity contribution in [2.75, 3.05) is 0 Å². The lowest BCUT2D eigenvalue weighted by Gasteiger charge is -2.10. The largest absolute Gasteiger partial charge is 0.491 e. The molecule has 0 atom stereocenters. The Morgan fingerprint density at radius 3 is 2.80 bits per heavy atom. The Hall–Kier alpha value is -2.36. The van der Waals surface area contributed by atoms with E-state index in [4.69, 9.17) is 4.74 Å². The van der Waals surface area contributed by atoms with Crippen LogP contribution in [0.1, 0.15) is 13.8 Å². The van der Waals surface area contributed by atoms with Gasteiger partial charge in [0.25, 0.3) is 0 Å². The molecule has 0 unspecified atom stereocenters. The van der Waals surface area contributed by atoms with Gasteiger partial charge in [-0.25, -0.2) is 9.37 Å². The van der Waals surface area contributed by atoms with E-state index < -0.39 is 0 Å². The number of imidazole rings is 1. The van der Waals surface area contributed by atoms with Crippen LogP contribution in [0.25, 0.3) is 22.4 Å². The van der Waals surface area contributed by atoms with Gasteiger partial charge < -0.3 is 9.72 Å². The third-order valence-electron chi connectivity index (χ3n) is 2.92. The van der Waals surface area contributed by atoms with Crippen molar-refractivity contribution in [2.45, 2.75) is 20.0 Å². The van der Waals surface area contributed by atoms with Crippen molar-refractivity contribution in [1.82, 2.24) is 9.97 Å². The van der Waals surface area contributed by atoms with Gasteiger partial charge >= 0.3 is 0 Å². The molecule has 0 fully saturated rings. The summed E-state index contributed by atoms with van der Waals surface area (Å²) in [6, 6.07) is 12.2. The minimum Gasteiger partial charge on any atom is -0.491 e. The number of aromatic nitrogens is 2. The average molecular weight is 270 g/mol. The molecule has 0 aliphatic heterocycles. The Bertz CT molecular complexity index is 749. The number of benzene rings is 2. The number of fused-ring (bicyclic) bond motifs is 1. The fourth-order valence-electron chi connectivity index (χ4n) is 2.11. The molecule has 0 bridgehead atoms. The van der Waals surface area contributed by atoms with E-state index in [1.54, 1.807) is 6.07 Å². The fourth-order valence-corrected chi connectivity index (χ4v) is 2.11. The van der Waals surface area contributed by atoms with Crippen molar-refractivity contribution in [2.24, 2.45) is 0 Å². The minimum absolute atomic E-state index is 0.120. The number of hydrogen-bond acceptors (Lipinski definition) is 2. The lowest BCUT2D eigenvalue weighted by Crippen LogP contribution is -2.05. The lowest BCUT2D eigenvalue weighted by atomic mass is 10.2.